The van der Waals surface area contributed by atoms with E-state index in [1.807, 2.05) is 54.6 Å². The first-order valence-corrected chi connectivity index (χ1v) is 6.48. The summed E-state index contributed by atoms with van der Waals surface area (Å²) in [6.45, 7) is 7.86. The molecule has 0 N–H and O–H groups in total. The van der Waals surface area contributed by atoms with E-state index in [0.717, 1.165) is 29.7 Å². The highest BCUT2D eigenvalue weighted by atomic mass is 16.5. The summed E-state index contributed by atoms with van der Waals surface area (Å²) in [4.78, 5) is 3.76. The molecule has 0 bridgehead atoms. The molecule has 1 saturated carbocycles. The van der Waals surface area contributed by atoms with Crippen molar-refractivity contribution in [2.45, 2.75) is 25.0 Å². The van der Waals surface area contributed by atoms with Crippen molar-refractivity contribution in [3.8, 4) is 5.75 Å². The van der Waals surface area contributed by atoms with E-state index in [1.165, 1.54) is 0 Å². The van der Waals surface area contributed by atoms with E-state index in [9.17, 15) is 0 Å². The van der Waals surface area contributed by atoms with Crippen LogP contribution >= 0.6 is 0 Å². The Kier molecular flexibility index (Phi) is 2.97. The number of benzene rings is 2. The Bertz CT molecular complexity index is 609. The largest absolute Gasteiger partial charge is 0.489 e. The van der Waals surface area contributed by atoms with Gasteiger partial charge in [0, 0.05) is 18.4 Å². The Morgan fingerprint density at radius 1 is 1.05 bits per heavy atom. The van der Waals surface area contributed by atoms with Crippen LogP contribution in [0.25, 0.3) is 4.85 Å². The molecule has 0 radical (unpaired) electrons. The summed E-state index contributed by atoms with van der Waals surface area (Å²) in [5.41, 5.74) is 1.99. The predicted octanol–water partition coefficient (Wildman–Crippen LogP) is 4.17. The normalized spacial score (nSPS) is 15.5. The molecule has 0 saturated heterocycles. The standard InChI is InChI=1S/C17H15NO/c1-18-17(10-11-17)15-8-5-9-16(12-15)19-13-14-6-3-2-4-7-14/h2-9,12H,10-11,13H2. The quantitative estimate of drug-likeness (QED) is 0.741. The van der Waals surface area contributed by atoms with Crippen molar-refractivity contribution in [2.75, 3.05) is 0 Å². The van der Waals surface area contributed by atoms with Crippen LogP contribution in [-0.4, -0.2) is 0 Å². The molecule has 2 aromatic carbocycles. The third-order valence-electron chi connectivity index (χ3n) is 3.56. The maximum atomic E-state index is 7.30. The van der Waals surface area contributed by atoms with Crippen LogP contribution in [0.5, 0.6) is 5.75 Å². The lowest BCUT2D eigenvalue weighted by Gasteiger charge is -2.08. The molecule has 2 heteroatoms. The first-order chi connectivity index (χ1) is 9.32. The van der Waals surface area contributed by atoms with E-state index >= 15 is 0 Å². The Hall–Kier alpha value is -2.27. The van der Waals surface area contributed by atoms with Crippen LogP contribution in [0.3, 0.4) is 0 Å². The molecular formula is C17H15NO. The molecule has 0 aromatic heterocycles. The Morgan fingerprint density at radius 2 is 1.84 bits per heavy atom. The molecule has 0 unspecified atom stereocenters. The van der Waals surface area contributed by atoms with Gasteiger partial charge < -0.3 is 9.58 Å². The molecule has 1 aliphatic carbocycles. The van der Waals surface area contributed by atoms with Gasteiger partial charge in [-0.3, -0.25) is 0 Å². The van der Waals surface area contributed by atoms with Gasteiger partial charge in [-0.05, 0) is 17.7 Å². The third kappa shape index (κ3) is 2.46. The first-order valence-electron chi connectivity index (χ1n) is 6.48. The summed E-state index contributed by atoms with van der Waals surface area (Å²) >= 11 is 0. The fraction of sp³-hybridized carbons (Fsp3) is 0.235. The van der Waals surface area contributed by atoms with Gasteiger partial charge in [-0.1, -0.05) is 42.5 Å². The predicted molar refractivity (Wildman–Crippen MR) is 74.7 cm³/mol. The molecule has 0 spiro atoms. The molecule has 0 aliphatic heterocycles. The zero-order valence-corrected chi connectivity index (χ0v) is 10.7. The van der Waals surface area contributed by atoms with Crippen LogP contribution in [0.2, 0.25) is 0 Å². The highest BCUT2D eigenvalue weighted by molar-refractivity contribution is 5.39. The number of ether oxygens (including phenoxy) is 1. The summed E-state index contributed by atoms with van der Waals surface area (Å²) < 4.78 is 5.80. The molecular weight excluding hydrogens is 234 g/mol. The molecule has 1 aliphatic rings. The minimum atomic E-state index is -0.258. The summed E-state index contributed by atoms with van der Waals surface area (Å²) in [5, 5.41) is 0. The van der Waals surface area contributed by atoms with Crippen LogP contribution in [0, 0.1) is 6.57 Å². The molecule has 0 amide bonds. The molecule has 0 heterocycles. The lowest BCUT2D eigenvalue weighted by molar-refractivity contribution is 0.306. The van der Waals surface area contributed by atoms with Crippen LogP contribution in [-0.2, 0) is 12.1 Å². The van der Waals surface area contributed by atoms with E-state index < -0.39 is 0 Å². The van der Waals surface area contributed by atoms with Crippen LogP contribution in [0.1, 0.15) is 24.0 Å². The van der Waals surface area contributed by atoms with Crippen molar-refractivity contribution in [3.05, 3.63) is 77.1 Å². The van der Waals surface area contributed by atoms with E-state index in [4.69, 9.17) is 11.3 Å². The van der Waals surface area contributed by atoms with Gasteiger partial charge >= 0.3 is 0 Å². The molecule has 3 rings (SSSR count). The molecule has 1 fully saturated rings. The minimum Gasteiger partial charge on any atom is -0.489 e. The molecule has 0 atom stereocenters. The number of rotatable bonds is 4. The maximum Gasteiger partial charge on any atom is 0.258 e. The van der Waals surface area contributed by atoms with Crippen LogP contribution < -0.4 is 4.74 Å². The van der Waals surface area contributed by atoms with Gasteiger partial charge in [0.1, 0.15) is 12.4 Å². The smallest absolute Gasteiger partial charge is 0.258 e. The average molecular weight is 249 g/mol. The van der Waals surface area contributed by atoms with Gasteiger partial charge in [0.25, 0.3) is 5.54 Å². The van der Waals surface area contributed by atoms with Crippen LogP contribution in [0.15, 0.2) is 54.6 Å². The lowest BCUT2D eigenvalue weighted by atomic mass is 10.1. The summed E-state index contributed by atoms with van der Waals surface area (Å²) in [6, 6.07) is 18.1. The second-order valence-electron chi connectivity index (χ2n) is 4.95. The van der Waals surface area contributed by atoms with Crippen molar-refractivity contribution in [2.24, 2.45) is 0 Å². The van der Waals surface area contributed by atoms with Gasteiger partial charge in [0.05, 0.1) is 0 Å². The third-order valence-corrected chi connectivity index (χ3v) is 3.56. The number of hydrogen-bond acceptors (Lipinski definition) is 1. The molecule has 2 nitrogen and oxygen atoms in total. The fourth-order valence-corrected chi connectivity index (χ4v) is 2.20. The van der Waals surface area contributed by atoms with E-state index in [-0.39, 0.29) is 5.54 Å². The van der Waals surface area contributed by atoms with Gasteiger partial charge in [-0.2, -0.15) is 0 Å². The number of hydrogen-bond donors (Lipinski definition) is 0. The highest BCUT2D eigenvalue weighted by Crippen LogP contribution is 2.50. The van der Waals surface area contributed by atoms with Gasteiger partial charge in [-0.15, -0.1) is 0 Å². The Morgan fingerprint density at radius 3 is 2.53 bits per heavy atom. The fourth-order valence-electron chi connectivity index (χ4n) is 2.20. The topological polar surface area (TPSA) is 13.6 Å². The minimum absolute atomic E-state index is 0.258. The Labute approximate surface area is 113 Å². The van der Waals surface area contributed by atoms with Gasteiger partial charge in [0.2, 0.25) is 0 Å². The SMILES string of the molecule is [C-]#[N+]C1(c2cccc(OCc3ccccc3)c2)CC1. The summed E-state index contributed by atoms with van der Waals surface area (Å²) in [5.74, 6) is 0.844. The van der Waals surface area contributed by atoms with E-state index in [2.05, 4.69) is 4.85 Å². The lowest BCUT2D eigenvalue weighted by Crippen LogP contribution is -2.01. The van der Waals surface area contributed by atoms with Gasteiger partial charge in [0.15, 0.2) is 0 Å². The molecule has 2 aromatic rings. The monoisotopic (exact) mass is 249 g/mol. The van der Waals surface area contributed by atoms with Gasteiger partial charge in [-0.25, -0.2) is 6.57 Å². The maximum absolute atomic E-state index is 7.30. The second kappa shape index (κ2) is 4.78. The highest BCUT2D eigenvalue weighted by Gasteiger charge is 2.52. The zero-order valence-electron chi connectivity index (χ0n) is 10.7. The van der Waals surface area contributed by atoms with Crippen molar-refractivity contribution in [1.29, 1.82) is 0 Å². The van der Waals surface area contributed by atoms with Crippen molar-refractivity contribution in [1.82, 2.24) is 0 Å². The average Bonchev–Trinajstić information content (AvgIpc) is 3.28. The molecule has 19 heavy (non-hydrogen) atoms. The number of nitrogens with zero attached hydrogens (tertiary/aromatic N) is 1. The zero-order chi connectivity index (χ0) is 13.1. The second-order valence-corrected chi connectivity index (χ2v) is 4.95. The molecule has 94 valence electrons. The van der Waals surface area contributed by atoms with Crippen molar-refractivity contribution in [3.63, 3.8) is 0 Å². The summed E-state index contributed by atoms with van der Waals surface area (Å²) in [7, 11) is 0. The van der Waals surface area contributed by atoms with Crippen LogP contribution in [0.4, 0.5) is 0 Å². The summed E-state index contributed by atoms with van der Waals surface area (Å²) in [6.07, 6.45) is 1.94. The Balaban J connectivity index is 1.72. The van der Waals surface area contributed by atoms with Crippen molar-refractivity contribution >= 4 is 0 Å². The van der Waals surface area contributed by atoms with E-state index in [0.29, 0.717) is 6.61 Å². The first kappa shape index (κ1) is 11.8. The van der Waals surface area contributed by atoms with E-state index in [1.54, 1.807) is 0 Å². The van der Waals surface area contributed by atoms with Crippen molar-refractivity contribution < 1.29 is 4.74 Å².